The quantitative estimate of drug-likeness (QED) is 0.360. The van der Waals surface area contributed by atoms with E-state index < -0.39 is 0 Å². The Morgan fingerprint density at radius 2 is 2.00 bits per heavy atom. The molecule has 0 aliphatic carbocycles. The van der Waals surface area contributed by atoms with Crippen LogP contribution in [0.15, 0.2) is 63.4 Å². The smallest absolute Gasteiger partial charge is 0.284 e. The number of benzene rings is 1. The minimum absolute atomic E-state index is 0.218. The van der Waals surface area contributed by atoms with Crippen LogP contribution in [0.3, 0.4) is 0 Å². The van der Waals surface area contributed by atoms with Crippen LogP contribution in [0.4, 0.5) is 0 Å². The number of thioether (sulfide) groups is 1. The Hall–Kier alpha value is -3.13. The molecule has 0 N–H and O–H groups in total. The summed E-state index contributed by atoms with van der Waals surface area (Å²) in [5, 5.41) is 1.83. The molecule has 0 aliphatic rings. The van der Waals surface area contributed by atoms with Crippen LogP contribution in [-0.2, 0) is 0 Å². The van der Waals surface area contributed by atoms with Gasteiger partial charge >= 0.3 is 0 Å². The van der Waals surface area contributed by atoms with E-state index in [1.807, 2.05) is 30.5 Å². The van der Waals surface area contributed by atoms with Crippen molar-refractivity contribution in [2.24, 2.45) is 0 Å². The molecule has 25 heavy (non-hydrogen) atoms. The molecule has 0 amide bonds. The van der Waals surface area contributed by atoms with E-state index in [1.54, 1.807) is 27.8 Å². The van der Waals surface area contributed by atoms with E-state index in [0.717, 1.165) is 16.6 Å². The number of rotatable bonds is 2. The lowest BCUT2D eigenvalue weighted by Crippen LogP contribution is -2.21. The number of hydrogen-bond acceptors (Lipinski definition) is 6. The van der Waals surface area contributed by atoms with Crippen LogP contribution in [0.2, 0.25) is 0 Å². The molecule has 0 aliphatic heterocycles. The lowest BCUT2D eigenvalue weighted by atomic mass is 10.2. The average Bonchev–Trinajstić information content (AvgIpc) is 3.27. The monoisotopic (exact) mass is 349 g/mol. The van der Waals surface area contributed by atoms with Gasteiger partial charge in [0.05, 0.1) is 11.8 Å². The minimum atomic E-state index is -0.218. The van der Waals surface area contributed by atoms with Crippen LogP contribution in [0, 0.1) is 0 Å². The SMILES string of the molecule is CSc1ncc2c(=O)n3c(nc2n1)c1ccccc1n3-c1ccoc1. The Labute approximate surface area is 144 Å². The van der Waals surface area contributed by atoms with Gasteiger partial charge < -0.3 is 4.42 Å². The highest BCUT2D eigenvalue weighted by Gasteiger charge is 2.18. The molecule has 0 saturated heterocycles. The van der Waals surface area contributed by atoms with Crippen molar-refractivity contribution in [1.29, 1.82) is 0 Å². The number of furan rings is 1. The molecule has 122 valence electrons. The second kappa shape index (κ2) is 5.18. The minimum Gasteiger partial charge on any atom is -0.470 e. The van der Waals surface area contributed by atoms with Crippen molar-refractivity contribution in [2.45, 2.75) is 5.16 Å². The van der Waals surface area contributed by atoms with Crippen molar-refractivity contribution in [2.75, 3.05) is 6.26 Å². The normalized spacial score (nSPS) is 11.7. The highest BCUT2D eigenvalue weighted by atomic mass is 32.2. The third kappa shape index (κ3) is 1.94. The molecule has 0 atom stereocenters. The standard InChI is InChI=1S/C17H11N5O2S/c1-25-17-18-8-12-14(20-17)19-15-11-4-2-3-5-13(11)21(22(15)16(12)23)10-6-7-24-9-10/h2-9H,1H3. The van der Waals surface area contributed by atoms with Crippen molar-refractivity contribution in [3.8, 4) is 5.69 Å². The van der Waals surface area contributed by atoms with Gasteiger partial charge in [-0.1, -0.05) is 23.9 Å². The van der Waals surface area contributed by atoms with Crippen LogP contribution in [0.5, 0.6) is 0 Å². The topological polar surface area (TPSA) is 78.2 Å². The second-order valence-corrected chi connectivity index (χ2v) is 6.23. The van der Waals surface area contributed by atoms with Gasteiger partial charge in [0.25, 0.3) is 5.56 Å². The second-order valence-electron chi connectivity index (χ2n) is 5.46. The first-order valence-corrected chi connectivity index (χ1v) is 8.76. The molecule has 5 aromatic rings. The van der Waals surface area contributed by atoms with E-state index in [0.29, 0.717) is 21.8 Å². The molecular formula is C17H11N5O2S. The highest BCUT2D eigenvalue weighted by Crippen LogP contribution is 2.25. The van der Waals surface area contributed by atoms with Gasteiger partial charge in [0.1, 0.15) is 17.3 Å². The average molecular weight is 349 g/mol. The first-order chi connectivity index (χ1) is 12.3. The lowest BCUT2D eigenvalue weighted by molar-refractivity contribution is 0.564. The summed E-state index contributed by atoms with van der Waals surface area (Å²) < 4.78 is 8.55. The Morgan fingerprint density at radius 1 is 1.12 bits per heavy atom. The van der Waals surface area contributed by atoms with Gasteiger partial charge in [-0.05, 0) is 18.4 Å². The van der Waals surface area contributed by atoms with Gasteiger partial charge in [0.2, 0.25) is 0 Å². The summed E-state index contributed by atoms with van der Waals surface area (Å²) in [5.41, 5.74) is 2.35. The summed E-state index contributed by atoms with van der Waals surface area (Å²) in [6.45, 7) is 0. The molecule has 0 spiro atoms. The molecule has 0 fully saturated rings. The molecule has 5 rings (SSSR count). The fourth-order valence-corrected chi connectivity index (χ4v) is 3.33. The maximum absolute atomic E-state index is 13.2. The molecule has 0 radical (unpaired) electrons. The number of nitrogens with zero attached hydrogens (tertiary/aromatic N) is 5. The maximum Gasteiger partial charge on any atom is 0.284 e. The fraction of sp³-hybridized carbons (Fsp3) is 0.0588. The molecule has 0 unspecified atom stereocenters. The van der Waals surface area contributed by atoms with Crippen molar-refractivity contribution in [3.63, 3.8) is 0 Å². The third-order valence-electron chi connectivity index (χ3n) is 4.09. The number of para-hydroxylation sites is 1. The number of fused-ring (bicyclic) bond motifs is 4. The summed E-state index contributed by atoms with van der Waals surface area (Å²) in [5.74, 6) is 0. The predicted molar refractivity (Wildman–Crippen MR) is 95.4 cm³/mol. The zero-order chi connectivity index (χ0) is 17.0. The summed E-state index contributed by atoms with van der Waals surface area (Å²) in [6.07, 6.45) is 6.59. The molecule has 1 aromatic carbocycles. The number of hydrogen-bond donors (Lipinski definition) is 0. The zero-order valence-electron chi connectivity index (χ0n) is 13.1. The van der Waals surface area contributed by atoms with Gasteiger partial charge in [0, 0.05) is 17.6 Å². The van der Waals surface area contributed by atoms with Crippen molar-refractivity contribution in [1.82, 2.24) is 24.1 Å². The first kappa shape index (κ1) is 14.2. The molecular weight excluding hydrogens is 338 g/mol. The first-order valence-electron chi connectivity index (χ1n) is 7.54. The molecule has 4 heterocycles. The zero-order valence-corrected chi connectivity index (χ0v) is 13.9. The van der Waals surface area contributed by atoms with Crippen LogP contribution in [-0.4, -0.2) is 30.4 Å². The van der Waals surface area contributed by atoms with E-state index in [-0.39, 0.29) is 5.56 Å². The van der Waals surface area contributed by atoms with E-state index in [4.69, 9.17) is 4.42 Å². The van der Waals surface area contributed by atoms with Gasteiger partial charge in [-0.3, -0.25) is 4.79 Å². The Morgan fingerprint density at radius 3 is 2.80 bits per heavy atom. The summed E-state index contributed by atoms with van der Waals surface area (Å²) >= 11 is 1.41. The molecule has 0 bridgehead atoms. The molecule has 4 aromatic heterocycles. The van der Waals surface area contributed by atoms with Crippen molar-refractivity contribution < 1.29 is 4.42 Å². The summed E-state index contributed by atoms with van der Waals surface area (Å²) in [4.78, 5) is 26.4. The lowest BCUT2D eigenvalue weighted by Gasteiger charge is -2.05. The van der Waals surface area contributed by atoms with E-state index >= 15 is 0 Å². The van der Waals surface area contributed by atoms with E-state index in [2.05, 4.69) is 15.0 Å². The Bertz CT molecular complexity index is 1300. The van der Waals surface area contributed by atoms with Gasteiger partial charge in [-0.25, -0.2) is 19.6 Å². The summed E-state index contributed by atoms with van der Waals surface area (Å²) in [7, 11) is 0. The van der Waals surface area contributed by atoms with Crippen molar-refractivity contribution in [3.05, 3.63) is 59.4 Å². The van der Waals surface area contributed by atoms with Gasteiger partial charge in [-0.15, -0.1) is 0 Å². The predicted octanol–water partition coefficient (Wildman–Crippen LogP) is 2.90. The largest absolute Gasteiger partial charge is 0.470 e. The van der Waals surface area contributed by atoms with Crippen LogP contribution < -0.4 is 5.56 Å². The Kier molecular flexibility index (Phi) is 2.95. The van der Waals surface area contributed by atoms with Crippen LogP contribution in [0.25, 0.3) is 33.3 Å². The number of aromatic nitrogens is 5. The summed E-state index contributed by atoms with van der Waals surface area (Å²) in [6, 6.07) is 9.53. The molecule has 8 heteroatoms. The van der Waals surface area contributed by atoms with Gasteiger partial charge in [0.15, 0.2) is 16.5 Å². The van der Waals surface area contributed by atoms with Crippen LogP contribution in [0.1, 0.15) is 0 Å². The highest BCUT2D eigenvalue weighted by molar-refractivity contribution is 7.98. The maximum atomic E-state index is 13.2. The molecule has 0 saturated carbocycles. The third-order valence-corrected chi connectivity index (χ3v) is 4.65. The van der Waals surface area contributed by atoms with Crippen LogP contribution >= 0.6 is 11.8 Å². The Balaban J connectivity index is 2.05. The van der Waals surface area contributed by atoms with E-state index in [1.165, 1.54) is 18.0 Å². The van der Waals surface area contributed by atoms with Gasteiger partial charge in [-0.2, -0.15) is 4.52 Å². The fourth-order valence-electron chi connectivity index (χ4n) is 3.00. The molecule has 7 nitrogen and oxygen atoms in total. The van der Waals surface area contributed by atoms with Crippen molar-refractivity contribution >= 4 is 39.3 Å². The van der Waals surface area contributed by atoms with E-state index in [9.17, 15) is 4.79 Å².